The second kappa shape index (κ2) is 7.17. The molecule has 0 N–H and O–H groups in total. The van der Waals surface area contributed by atoms with Crippen LogP contribution in [0.25, 0.3) is 5.57 Å². The largest absolute Gasteiger partial charge is 0.331 e. The molecule has 0 saturated heterocycles. The number of Topliss-reactive ketones (excluding diaryl/α,β-unsaturated/α-hetero) is 1. The Labute approximate surface area is 125 Å². The molecule has 0 aromatic heterocycles. The molecule has 0 aliphatic heterocycles. The summed E-state index contributed by atoms with van der Waals surface area (Å²) in [5, 5.41) is 0. The van der Waals surface area contributed by atoms with Gasteiger partial charge in [-0.2, -0.15) is 0 Å². The number of rotatable bonds is 7. The van der Waals surface area contributed by atoms with Gasteiger partial charge in [0.1, 0.15) is 0 Å². The lowest BCUT2D eigenvalue weighted by Gasteiger charge is -2.19. The predicted octanol–water partition coefficient (Wildman–Crippen LogP) is 3.93. The Balaban J connectivity index is 2.08. The summed E-state index contributed by atoms with van der Waals surface area (Å²) in [6.45, 7) is 4.18. The quantitative estimate of drug-likeness (QED) is 0.716. The minimum absolute atomic E-state index is 0.0285. The molecule has 1 aliphatic carbocycles. The Hall–Kier alpha value is -1.22. The van der Waals surface area contributed by atoms with E-state index < -0.39 is 7.60 Å². The maximum absolute atomic E-state index is 12.5. The van der Waals surface area contributed by atoms with Crippen molar-refractivity contribution in [2.24, 2.45) is 5.92 Å². The number of carbonyl (C=O) groups excluding carboxylic acids is 1. The van der Waals surface area contributed by atoms with E-state index in [0.717, 1.165) is 5.56 Å². The van der Waals surface area contributed by atoms with Gasteiger partial charge in [0.2, 0.25) is 0 Å². The lowest BCUT2D eigenvalue weighted by Crippen LogP contribution is -2.16. The van der Waals surface area contributed by atoms with Gasteiger partial charge >= 0.3 is 7.60 Å². The third kappa shape index (κ3) is 3.91. The number of ketones is 1. The van der Waals surface area contributed by atoms with Crippen LogP contribution in [-0.4, -0.2) is 25.2 Å². The molecule has 0 bridgehead atoms. The first-order chi connectivity index (χ1) is 10.1. The van der Waals surface area contributed by atoms with Crippen molar-refractivity contribution < 1.29 is 18.4 Å². The normalized spacial score (nSPS) is 18.9. The molecule has 0 amide bonds. The van der Waals surface area contributed by atoms with Crippen molar-refractivity contribution in [3.05, 3.63) is 42.0 Å². The molecular formula is C16H21O4P. The lowest BCUT2D eigenvalue weighted by atomic mass is 10.0. The van der Waals surface area contributed by atoms with Crippen molar-refractivity contribution in [3.8, 4) is 0 Å². The van der Waals surface area contributed by atoms with E-state index in [2.05, 4.69) is 0 Å². The van der Waals surface area contributed by atoms with Crippen LogP contribution in [0, 0.1) is 5.92 Å². The van der Waals surface area contributed by atoms with Crippen LogP contribution in [0.2, 0.25) is 0 Å². The minimum atomic E-state index is -3.18. The summed E-state index contributed by atoms with van der Waals surface area (Å²) >= 11 is 0. The number of hydrogen-bond donors (Lipinski definition) is 0. The molecule has 1 aromatic carbocycles. The van der Waals surface area contributed by atoms with Crippen molar-refractivity contribution in [2.75, 3.05) is 19.4 Å². The molecule has 1 unspecified atom stereocenters. The maximum Gasteiger partial charge on any atom is 0.331 e. The summed E-state index contributed by atoms with van der Waals surface area (Å²) in [5.74, 6) is -0.287. The molecule has 0 heterocycles. The summed E-state index contributed by atoms with van der Waals surface area (Å²) in [7, 11) is -3.18. The zero-order chi connectivity index (χ0) is 15.3. The SMILES string of the molecule is CCOP(=O)(CC1CC=C(c2ccccc2)C1=O)OCC. The monoisotopic (exact) mass is 308 g/mol. The van der Waals surface area contributed by atoms with Gasteiger partial charge in [0.15, 0.2) is 5.78 Å². The molecule has 0 fully saturated rings. The summed E-state index contributed by atoms with van der Waals surface area (Å²) in [6.07, 6.45) is 2.66. The average molecular weight is 308 g/mol. The van der Waals surface area contributed by atoms with E-state index >= 15 is 0 Å². The molecule has 1 aromatic rings. The average Bonchev–Trinajstić information content (AvgIpc) is 2.81. The molecule has 114 valence electrons. The van der Waals surface area contributed by atoms with Gasteiger partial charge in [-0.25, -0.2) is 0 Å². The van der Waals surface area contributed by atoms with Crippen LogP contribution in [0.4, 0.5) is 0 Å². The fraction of sp³-hybridized carbons (Fsp3) is 0.438. The van der Waals surface area contributed by atoms with Crippen molar-refractivity contribution in [3.63, 3.8) is 0 Å². The van der Waals surface area contributed by atoms with Gasteiger partial charge < -0.3 is 9.05 Å². The Kier molecular flexibility index (Phi) is 5.51. The second-order valence-electron chi connectivity index (χ2n) is 4.91. The standard InChI is InChI=1S/C16H21O4P/c1-3-19-21(18,20-4-2)12-14-10-11-15(16(14)17)13-8-6-5-7-9-13/h5-9,11,14H,3-4,10,12H2,1-2H3. The molecule has 2 rings (SSSR count). The molecule has 0 saturated carbocycles. The third-order valence-electron chi connectivity index (χ3n) is 3.42. The molecule has 0 spiro atoms. The lowest BCUT2D eigenvalue weighted by molar-refractivity contribution is -0.116. The van der Waals surface area contributed by atoms with Gasteiger partial charge in [0.25, 0.3) is 0 Å². The second-order valence-corrected chi connectivity index (χ2v) is 7.01. The van der Waals surface area contributed by atoms with E-state index in [9.17, 15) is 9.36 Å². The highest BCUT2D eigenvalue weighted by atomic mass is 31.2. The predicted molar refractivity (Wildman–Crippen MR) is 83.3 cm³/mol. The van der Waals surface area contributed by atoms with Crippen LogP contribution >= 0.6 is 7.60 Å². The van der Waals surface area contributed by atoms with E-state index in [4.69, 9.17) is 9.05 Å². The van der Waals surface area contributed by atoms with Crippen molar-refractivity contribution in [2.45, 2.75) is 20.3 Å². The van der Waals surface area contributed by atoms with Crippen molar-refractivity contribution in [1.82, 2.24) is 0 Å². The van der Waals surface area contributed by atoms with Crippen LogP contribution in [0.1, 0.15) is 25.8 Å². The van der Waals surface area contributed by atoms with E-state index in [1.54, 1.807) is 13.8 Å². The topological polar surface area (TPSA) is 52.6 Å². The fourth-order valence-electron chi connectivity index (χ4n) is 2.53. The molecule has 21 heavy (non-hydrogen) atoms. The van der Waals surface area contributed by atoms with Crippen LogP contribution in [0.5, 0.6) is 0 Å². The highest BCUT2D eigenvalue weighted by Gasteiger charge is 2.36. The van der Waals surface area contributed by atoms with E-state index in [-0.39, 0.29) is 17.9 Å². The number of allylic oxidation sites excluding steroid dienone is 2. The molecule has 1 aliphatic rings. The van der Waals surface area contributed by atoms with Gasteiger partial charge in [-0.15, -0.1) is 0 Å². The minimum Gasteiger partial charge on any atom is -0.309 e. The molecule has 4 nitrogen and oxygen atoms in total. The van der Waals surface area contributed by atoms with E-state index in [1.807, 2.05) is 36.4 Å². The smallest absolute Gasteiger partial charge is 0.309 e. The van der Waals surface area contributed by atoms with Gasteiger partial charge in [0, 0.05) is 11.5 Å². The van der Waals surface area contributed by atoms with Crippen molar-refractivity contribution >= 4 is 19.0 Å². The van der Waals surface area contributed by atoms with Gasteiger partial charge in [-0.3, -0.25) is 9.36 Å². The third-order valence-corrected chi connectivity index (χ3v) is 5.61. The Bertz CT molecular complexity index is 555. The number of benzene rings is 1. The first-order valence-corrected chi connectivity index (χ1v) is 9.00. The maximum atomic E-state index is 12.5. The Morgan fingerprint density at radius 2 is 1.76 bits per heavy atom. The zero-order valence-electron chi connectivity index (χ0n) is 12.5. The molecule has 0 radical (unpaired) electrons. The van der Waals surface area contributed by atoms with Crippen LogP contribution in [0.3, 0.4) is 0 Å². The van der Waals surface area contributed by atoms with Gasteiger partial charge in [-0.1, -0.05) is 36.4 Å². The molecule has 1 atom stereocenters. The van der Waals surface area contributed by atoms with E-state index in [0.29, 0.717) is 25.2 Å². The fourth-order valence-corrected chi connectivity index (χ4v) is 4.46. The Morgan fingerprint density at radius 3 is 2.33 bits per heavy atom. The molecule has 5 heteroatoms. The van der Waals surface area contributed by atoms with Crippen molar-refractivity contribution in [1.29, 1.82) is 0 Å². The van der Waals surface area contributed by atoms with Crippen LogP contribution < -0.4 is 0 Å². The first kappa shape index (κ1) is 16.2. The van der Waals surface area contributed by atoms with Gasteiger partial charge in [-0.05, 0) is 25.8 Å². The summed E-state index contributed by atoms with van der Waals surface area (Å²) in [5.41, 5.74) is 1.62. The highest BCUT2D eigenvalue weighted by molar-refractivity contribution is 7.53. The number of carbonyl (C=O) groups is 1. The van der Waals surface area contributed by atoms with Crippen LogP contribution in [0.15, 0.2) is 36.4 Å². The summed E-state index contributed by atoms with van der Waals surface area (Å²) in [4.78, 5) is 12.5. The Morgan fingerprint density at radius 1 is 1.14 bits per heavy atom. The number of hydrogen-bond acceptors (Lipinski definition) is 4. The van der Waals surface area contributed by atoms with Gasteiger partial charge in [0.05, 0.1) is 19.4 Å². The summed E-state index contributed by atoms with van der Waals surface area (Å²) in [6, 6.07) is 9.55. The summed E-state index contributed by atoms with van der Waals surface area (Å²) < 4.78 is 23.1. The highest BCUT2D eigenvalue weighted by Crippen LogP contribution is 2.51. The zero-order valence-corrected chi connectivity index (χ0v) is 13.3. The molecular weight excluding hydrogens is 287 g/mol. The first-order valence-electron chi connectivity index (χ1n) is 7.27. The van der Waals surface area contributed by atoms with Crippen LogP contribution in [-0.2, 0) is 18.4 Å². The van der Waals surface area contributed by atoms with E-state index in [1.165, 1.54) is 0 Å².